The summed E-state index contributed by atoms with van der Waals surface area (Å²) in [6, 6.07) is 6.72. The largest absolute Gasteiger partial charge is 0.496 e. The van der Waals surface area contributed by atoms with Crippen LogP contribution in [-0.4, -0.2) is 38.7 Å². The van der Waals surface area contributed by atoms with Gasteiger partial charge in [-0.25, -0.2) is 4.79 Å². The van der Waals surface area contributed by atoms with Crippen molar-refractivity contribution in [2.24, 2.45) is 4.99 Å². The molecule has 120 valence electrons. The van der Waals surface area contributed by atoms with Crippen LogP contribution in [0, 0.1) is 11.3 Å². The zero-order valence-corrected chi connectivity index (χ0v) is 13.3. The van der Waals surface area contributed by atoms with Crippen LogP contribution in [0.3, 0.4) is 0 Å². The Morgan fingerprint density at radius 1 is 1.39 bits per heavy atom. The summed E-state index contributed by atoms with van der Waals surface area (Å²) in [6.45, 7) is 1.43. The highest BCUT2D eigenvalue weighted by Crippen LogP contribution is 2.23. The van der Waals surface area contributed by atoms with Crippen molar-refractivity contribution in [3.8, 4) is 11.8 Å². The second-order valence-corrected chi connectivity index (χ2v) is 4.55. The van der Waals surface area contributed by atoms with Gasteiger partial charge in [0.05, 0.1) is 25.3 Å². The molecule has 0 aliphatic heterocycles. The molecule has 0 heterocycles. The Morgan fingerprint density at radius 3 is 2.70 bits per heavy atom. The number of aliphatic imine (C=N–C) groups is 1. The summed E-state index contributed by atoms with van der Waals surface area (Å²) in [5.41, 5.74) is 0.856. The first kappa shape index (κ1) is 18.1. The van der Waals surface area contributed by atoms with Crippen molar-refractivity contribution in [3.63, 3.8) is 0 Å². The van der Waals surface area contributed by atoms with Crippen LogP contribution >= 0.6 is 0 Å². The van der Waals surface area contributed by atoms with Crippen LogP contribution in [0.4, 0.5) is 0 Å². The van der Waals surface area contributed by atoms with Crippen molar-refractivity contribution in [2.75, 3.05) is 20.8 Å². The number of methoxy groups -OCH3 is 1. The molecule has 0 N–H and O–H groups in total. The fourth-order valence-corrected chi connectivity index (χ4v) is 1.77. The topological polar surface area (TPSA) is 88.8 Å². The van der Waals surface area contributed by atoms with E-state index in [9.17, 15) is 9.59 Å². The van der Waals surface area contributed by atoms with Gasteiger partial charge in [0, 0.05) is 25.2 Å². The molecule has 0 saturated carbocycles. The van der Waals surface area contributed by atoms with Gasteiger partial charge in [-0.1, -0.05) is 0 Å². The minimum absolute atomic E-state index is 0.0820. The molecule has 1 rings (SSSR count). The number of benzene rings is 1. The van der Waals surface area contributed by atoms with Gasteiger partial charge in [-0.15, -0.1) is 0 Å². The Morgan fingerprint density at radius 2 is 2.13 bits per heavy atom. The van der Waals surface area contributed by atoms with Crippen LogP contribution in [0.5, 0.6) is 5.75 Å². The molecule has 6 heteroatoms. The third-order valence-corrected chi connectivity index (χ3v) is 2.92. The van der Waals surface area contributed by atoms with Crippen LogP contribution in [0.1, 0.15) is 24.5 Å². The molecule has 0 aliphatic carbocycles. The zero-order valence-electron chi connectivity index (χ0n) is 13.3. The Balaban J connectivity index is 3.06. The molecule has 0 fully saturated rings. The van der Waals surface area contributed by atoms with Gasteiger partial charge in [0.25, 0.3) is 0 Å². The van der Waals surface area contributed by atoms with E-state index in [1.165, 1.54) is 26.2 Å². The highest BCUT2D eigenvalue weighted by Gasteiger charge is 2.17. The SMILES string of the molecule is C/N=C\CCOC(=O)/C(=C\c1ccc(C#N)cc1OC)C(C)=O. The van der Waals surface area contributed by atoms with E-state index in [-0.39, 0.29) is 12.2 Å². The number of hydrogen-bond acceptors (Lipinski definition) is 6. The normalized spacial score (nSPS) is 11.1. The molecule has 0 saturated heterocycles. The van der Waals surface area contributed by atoms with Crippen LogP contribution in [0.2, 0.25) is 0 Å². The van der Waals surface area contributed by atoms with Gasteiger partial charge in [0.15, 0.2) is 5.78 Å². The van der Waals surface area contributed by atoms with Crippen molar-refractivity contribution in [2.45, 2.75) is 13.3 Å². The molecule has 0 bridgehead atoms. The first-order valence-electron chi connectivity index (χ1n) is 6.92. The van der Waals surface area contributed by atoms with Crippen molar-refractivity contribution in [1.29, 1.82) is 5.26 Å². The number of ketones is 1. The highest BCUT2D eigenvalue weighted by atomic mass is 16.5. The van der Waals surface area contributed by atoms with E-state index in [0.717, 1.165) is 0 Å². The van der Waals surface area contributed by atoms with E-state index in [1.54, 1.807) is 25.4 Å². The molecule has 0 amide bonds. The Labute approximate surface area is 135 Å². The van der Waals surface area contributed by atoms with E-state index in [1.807, 2.05) is 6.07 Å². The number of nitrogens with zero attached hydrogens (tertiary/aromatic N) is 2. The maximum Gasteiger partial charge on any atom is 0.341 e. The van der Waals surface area contributed by atoms with Gasteiger partial charge in [-0.3, -0.25) is 4.79 Å². The number of nitriles is 1. The number of esters is 1. The summed E-state index contributed by atoms with van der Waals surface area (Å²) in [6.07, 6.45) is 3.50. The summed E-state index contributed by atoms with van der Waals surface area (Å²) in [4.78, 5) is 27.5. The molecule has 0 spiro atoms. The van der Waals surface area contributed by atoms with Gasteiger partial charge in [-0.05, 0) is 31.2 Å². The molecule has 0 aromatic heterocycles. The summed E-state index contributed by atoms with van der Waals surface area (Å²) < 4.78 is 10.2. The third-order valence-electron chi connectivity index (χ3n) is 2.92. The van der Waals surface area contributed by atoms with E-state index >= 15 is 0 Å². The number of carbonyl (C=O) groups excluding carboxylic acids is 2. The van der Waals surface area contributed by atoms with Gasteiger partial charge >= 0.3 is 5.97 Å². The predicted molar refractivity (Wildman–Crippen MR) is 86.4 cm³/mol. The van der Waals surface area contributed by atoms with E-state index < -0.39 is 11.8 Å². The zero-order chi connectivity index (χ0) is 17.2. The minimum Gasteiger partial charge on any atom is -0.496 e. The van der Waals surface area contributed by atoms with Crippen LogP contribution in [0.15, 0.2) is 28.8 Å². The number of hydrogen-bond donors (Lipinski definition) is 0. The molecule has 1 aromatic rings. The quantitative estimate of drug-likeness (QED) is 0.192. The number of rotatable bonds is 7. The third kappa shape index (κ3) is 5.40. The predicted octanol–water partition coefficient (Wildman–Crippen LogP) is 2.17. The van der Waals surface area contributed by atoms with E-state index in [0.29, 0.717) is 23.3 Å². The van der Waals surface area contributed by atoms with E-state index in [4.69, 9.17) is 14.7 Å². The molecule has 1 aromatic carbocycles. The Kier molecular flexibility index (Phi) is 7.21. The fourth-order valence-electron chi connectivity index (χ4n) is 1.77. The number of ether oxygens (including phenoxy) is 2. The molecule has 23 heavy (non-hydrogen) atoms. The first-order valence-corrected chi connectivity index (χ1v) is 6.92. The lowest BCUT2D eigenvalue weighted by molar-refractivity contribution is -0.139. The average molecular weight is 314 g/mol. The molecule has 0 aliphatic rings. The fraction of sp³-hybridized carbons (Fsp3) is 0.294. The maximum absolute atomic E-state index is 12.0. The second kappa shape index (κ2) is 9.15. The van der Waals surface area contributed by atoms with Gasteiger partial charge in [-0.2, -0.15) is 5.26 Å². The summed E-state index contributed by atoms with van der Waals surface area (Å²) in [7, 11) is 3.07. The second-order valence-electron chi connectivity index (χ2n) is 4.55. The lowest BCUT2D eigenvalue weighted by Gasteiger charge is -2.08. The van der Waals surface area contributed by atoms with Crippen LogP contribution < -0.4 is 4.74 Å². The number of Topliss-reactive ketones (excluding diaryl/α,β-unsaturated/α-hetero) is 1. The first-order chi connectivity index (χ1) is 11.0. The van der Waals surface area contributed by atoms with Crippen LogP contribution in [0.25, 0.3) is 6.08 Å². The maximum atomic E-state index is 12.0. The van der Waals surface area contributed by atoms with E-state index in [2.05, 4.69) is 4.99 Å². The highest BCUT2D eigenvalue weighted by molar-refractivity contribution is 6.19. The van der Waals surface area contributed by atoms with Gasteiger partial charge in [0.1, 0.15) is 11.3 Å². The summed E-state index contributed by atoms with van der Waals surface area (Å²) >= 11 is 0. The average Bonchev–Trinajstić information content (AvgIpc) is 2.55. The Hall–Kier alpha value is -2.94. The van der Waals surface area contributed by atoms with Crippen LogP contribution in [-0.2, 0) is 14.3 Å². The van der Waals surface area contributed by atoms with Crippen molar-refractivity contribution >= 4 is 24.0 Å². The molecule has 0 radical (unpaired) electrons. The van der Waals surface area contributed by atoms with Crippen molar-refractivity contribution < 1.29 is 19.1 Å². The van der Waals surface area contributed by atoms with Gasteiger partial charge < -0.3 is 14.5 Å². The van der Waals surface area contributed by atoms with Gasteiger partial charge in [0.2, 0.25) is 0 Å². The standard InChI is InChI=1S/C17H18N2O4/c1-12(20)15(17(21)23-8-4-7-19-2)10-14-6-5-13(11-18)9-16(14)22-3/h5-7,9-10H,4,8H2,1-3H3/b15-10-,19-7-. The lowest BCUT2D eigenvalue weighted by Crippen LogP contribution is -2.14. The molecule has 6 nitrogen and oxygen atoms in total. The van der Waals surface area contributed by atoms with Crippen molar-refractivity contribution in [1.82, 2.24) is 0 Å². The molecular formula is C17H18N2O4. The monoisotopic (exact) mass is 314 g/mol. The lowest BCUT2D eigenvalue weighted by atomic mass is 10.1. The molecular weight excluding hydrogens is 296 g/mol. The smallest absolute Gasteiger partial charge is 0.341 e. The number of carbonyl (C=O) groups is 2. The minimum atomic E-state index is -0.701. The summed E-state index contributed by atoms with van der Waals surface area (Å²) in [5.74, 6) is -0.715. The van der Waals surface area contributed by atoms with Crippen molar-refractivity contribution in [3.05, 3.63) is 34.9 Å². The Bertz CT molecular complexity index is 684. The molecule has 0 atom stereocenters. The summed E-state index contributed by atoms with van der Waals surface area (Å²) in [5, 5.41) is 8.89. The molecule has 0 unspecified atom stereocenters.